The highest BCUT2D eigenvalue weighted by molar-refractivity contribution is 5.69. The van der Waals surface area contributed by atoms with Gasteiger partial charge < -0.3 is 19.1 Å². The number of ether oxygens (including phenoxy) is 3. The summed E-state index contributed by atoms with van der Waals surface area (Å²) in [7, 11) is 4.78. The molecule has 1 aliphatic heterocycles. The third-order valence-corrected chi connectivity index (χ3v) is 5.02. The van der Waals surface area contributed by atoms with Crippen molar-refractivity contribution < 1.29 is 19.0 Å². The molecule has 5 nitrogen and oxygen atoms in total. The molecule has 1 aromatic carbocycles. The van der Waals surface area contributed by atoms with Gasteiger partial charge in [-0.25, -0.2) is 0 Å². The first kappa shape index (κ1) is 19.6. The van der Waals surface area contributed by atoms with E-state index in [0.29, 0.717) is 12.5 Å². The smallest absolute Gasteiger partial charge is 0.305 e. The normalized spacial score (nSPS) is 18.0. The van der Waals surface area contributed by atoms with Gasteiger partial charge in [-0.05, 0) is 62.9 Å². The lowest BCUT2D eigenvalue weighted by Crippen LogP contribution is -2.40. The largest absolute Gasteiger partial charge is 0.493 e. The molecule has 1 fully saturated rings. The summed E-state index contributed by atoms with van der Waals surface area (Å²) in [6, 6.07) is 6.76. The maximum atomic E-state index is 11.3. The summed E-state index contributed by atoms with van der Waals surface area (Å²) in [5.74, 6) is 1.45. The highest BCUT2D eigenvalue weighted by Gasteiger charge is 2.22. The Morgan fingerprint density at radius 1 is 1.16 bits per heavy atom. The monoisotopic (exact) mass is 349 g/mol. The summed E-state index contributed by atoms with van der Waals surface area (Å²) >= 11 is 0. The van der Waals surface area contributed by atoms with Crippen molar-refractivity contribution in [3.8, 4) is 11.5 Å². The van der Waals surface area contributed by atoms with E-state index in [4.69, 9.17) is 14.2 Å². The van der Waals surface area contributed by atoms with Crippen molar-refractivity contribution in [1.29, 1.82) is 0 Å². The van der Waals surface area contributed by atoms with Gasteiger partial charge in [-0.1, -0.05) is 12.5 Å². The van der Waals surface area contributed by atoms with Gasteiger partial charge in [-0.3, -0.25) is 4.79 Å². The van der Waals surface area contributed by atoms with Crippen LogP contribution in [-0.4, -0.2) is 51.3 Å². The maximum absolute atomic E-state index is 11.3. The van der Waals surface area contributed by atoms with Crippen LogP contribution in [0.1, 0.15) is 44.1 Å². The summed E-state index contributed by atoms with van der Waals surface area (Å²) < 4.78 is 15.4. The quantitative estimate of drug-likeness (QED) is 0.639. The molecule has 0 radical (unpaired) electrons. The van der Waals surface area contributed by atoms with E-state index < -0.39 is 0 Å². The molecule has 0 aromatic heterocycles. The second-order valence-electron chi connectivity index (χ2n) is 6.59. The van der Waals surface area contributed by atoms with Crippen LogP contribution >= 0.6 is 0 Å². The lowest BCUT2D eigenvalue weighted by molar-refractivity contribution is -0.140. The average molecular weight is 349 g/mol. The van der Waals surface area contributed by atoms with Crippen LogP contribution < -0.4 is 9.47 Å². The highest BCUT2D eigenvalue weighted by atomic mass is 16.5. The number of likely N-dealkylation sites (tertiary alicyclic amines) is 1. The number of methoxy groups -OCH3 is 3. The number of benzene rings is 1. The van der Waals surface area contributed by atoms with E-state index in [9.17, 15) is 4.79 Å². The zero-order valence-corrected chi connectivity index (χ0v) is 15.8. The molecule has 1 aliphatic rings. The minimum absolute atomic E-state index is 0.112. The molecule has 0 N–H and O–H groups in total. The lowest BCUT2D eigenvalue weighted by atomic mass is 9.95. The number of piperidine rings is 1. The molecule has 0 amide bonds. The van der Waals surface area contributed by atoms with Crippen LogP contribution in [0.2, 0.25) is 0 Å². The Hall–Kier alpha value is -1.75. The van der Waals surface area contributed by atoms with E-state index in [1.54, 1.807) is 14.2 Å². The molecule has 25 heavy (non-hydrogen) atoms. The van der Waals surface area contributed by atoms with Gasteiger partial charge in [-0.2, -0.15) is 0 Å². The van der Waals surface area contributed by atoms with Crippen molar-refractivity contribution >= 4 is 5.97 Å². The third-order valence-electron chi connectivity index (χ3n) is 5.02. The summed E-state index contributed by atoms with van der Waals surface area (Å²) in [5.41, 5.74) is 1.28. The standard InChI is InChI=1S/C20H31NO4/c1-23-18-12-10-16(15-19(18)24-2)9-11-17-7-4-5-13-21(17)14-6-8-20(22)25-3/h10,12,15,17H,4-9,11,13-14H2,1-3H3. The molecule has 2 rings (SSSR count). The fraction of sp³-hybridized carbons (Fsp3) is 0.650. The Kier molecular flexibility index (Phi) is 8.06. The SMILES string of the molecule is COC(=O)CCCN1CCCCC1CCc1ccc(OC)c(OC)c1. The molecule has 1 unspecified atom stereocenters. The molecule has 140 valence electrons. The van der Waals surface area contributed by atoms with Gasteiger partial charge in [-0.15, -0.1) is 0 Å². The molecule has 1 heterocycles. The molecule has 0 aliphatic carbocycles. The number of hydrogen-bond acceptors (Lipinski definition) is 5. The van der Waals surface area contributed by atoms with Crippen LogP contribution in [0, 0.1) is 0 Å². The predicted octanol–water partition coefficient (Wildman–Crippen LogP) is 3.44. The lowest BCUT2D eigenvalue weighted by Gasteiger charge is -2.36. The second-order valence-corrected chi connectivity index (χ2v) is 6.59. The van der Waals surface area contributed by atoms with Crippen molar-refractivity contribution in [3.05, 3.63) is 23.8 Å². The van der Waals surface area contributed by atoms with Crippen LogP contribution in [0.25, 0.3) is 0 Å². The van der Waals surface area contributed by atoms with E-state index in [1.165, 1.54) is 31.9 Å². The molecule has 1 atom stereocenters. The van der Waals surface area contributed by atoms with Gasteiger partial charge in [0.2, 0.25) is 0 Å². The number of nitrogens with zero attached hydrogens (tertiary/aromatic N) is 1. The van der Waals surface area contributed by atoms with E-state index in [1.807, 2.05) is 6.07 Å². The van der Waals surface area contributed by atoms with Gasteiger partial charge in [0, 0.05) is 12.5 Å². The van der Waals surface area contributed by atoms with E-state index >= 15 is 0 Å². The molecule has 0 bridgehead atoms. The summed E-state index contributed by atoms with van der Waals surface area (Å²) in [4.78, 5) is 13.8. The Morgan fingerprint density at radius 2 is 1.96 bits per heavy atom. The molecule has 0 saturated carbocycles. The number of aryl methyl sites for hydroxylation is 1. The molecular formula is C20H31NO4. The molecule has 0 spiro atoms. The fourth-order valence-electron chi connectivity index (χ4n) is 3.58. The Labute approximate surface area is 151 Å². The van der Waals surface area contributed by atoms with Crippen molar-refractivity contribution in [2.24, 2.45) is 0 Å². The highest BCUT2D eigenvalue weighted by Crippen LogP contribution is 2.29. The van der Waals surface area contributed by atoms with Crippen molar-refractivity contribution in [3.63, 3.8) is 0 Å². The van der Waals surface area contributed by atoms with Crippen LogP contribution in [0.5, 0.6) is 11.5 Å². The van der Waals surface area contributed by atoms with E-state index in [0.717, 1.165) is 43.9 Å². The van der Waals surface area contributed by atoms with E-state index in [-0.39, 0.29) is 5.97 Å². The van der Waals surface area contributed by atoms with Crippen molar-refractivity contribution in [2.75, 3.05) is 34.4 Å². The molecule has 1 aromatic rings. The zero-order valence-electron chi connectivity index (χ0n) is 15.8. The zero-order chi connectivity index (χ0) is 18.1. The van der Waals surface area contributed by atoms with E-state index in [2.05, 4.69) is 17.0 Å². The Bertz CT molecular complexity index is 546. The minimum Gasteiger partial charge on any atom is -0.493 e. The number of rotatable bonds is 9. The van der Waals surface area contributed by atoms with Gasteiger partial charge in [0.15, 0.2) is 11.5 Å². The van der Waals surface area contributed by atoms with Crippen LogP contribution in [0.4, 0.5) is 0 Å². The molecule has 1 saturated heterocycles. The summed E-state index contributed by atoms with van der Waals surface area (Å²) in [5, 5.41) is 0. The topological polar surface area (TPSA) is 48.0 Å². The fourth-order valence-corrected chi connectivity index (χ4v) is 3.58. The van der Waals surface area contributed by atoms with Crippen molar-refractivity contribution in [1.82, 2.24) is 4.90 Å². The van der Waals surface area contributed by atoms with Crippen molar-refractivity contribution in [2.45, 2.75) is 51.0 Å². The Balaban J connectivity index is 1.87. The first-order valence-electron chi connectivity index (χ1n) is 9.19. The van der Waals surface area contributed by atoms with Crippen LogP contribution in [-0.2, 0) is 16.0 Å². The van der Waals surface area contributed by atoms with Gasteiger partial charge in [0.1, 0.15) is 0 Å². The number of carbonyl (C=O) groups excluding carboxylic acids is 1. The minimum atomic E-state index is -0.112. The average Bonchev–Trinajstić information content (AvgIpc) is 2.66. The first-order chi connectivity index (χ1) is 12.2. The predicted molar refractivity (Wildman–Crippen MR) is 98.3 cm³/mol. The van der Waals surface area contributed by atoms with Gasteiger partial charge >= 0.3 is 5.97 Å². The molecular weight excluding hydrogens is 318 g/mol. The van der Waals surface area contributed by atoms with Gasteiger partial charge in [0.25, 0.3) is 0 Å². The third kappa shape index (κ3) is 5.92. The van der Waals surface area contributed by atoms with Crippen LogP contribution in [0.3, 0.4) is 0 Å². The first-order valence-corrected chi connectivity index (χ1v) is 9.19. The molecule has 5 heteroatoms. The summed E-state index contributed by atoms with van der Waals surface area (Å²) in [6.07, 6.45) is 7.34. The number of esters is 1. The number of carbonyl (C=O) groups is 1. The second kappa shape index (κ2) is 10.3. The Morgan fingerprint density at radius 3 is 2.68 bits per heavy atom. The van der Waals surface area contributed by atoms with Gasteiger partial charge in [0.05, 0.1) is 21.3 Å². The summed E-state index contributed by atoms with van der Waals surface area (Å²) in [6.45, 7) is 2.11. The number of hydrogen-bond donors (Lipinski definition) is 0. The maximum Gasteiger partial charge on any atom is 0.305 e. The van der Waals surface area contributed by atoms with Crippen LogP contribution in [0.15, 0.2) is 18.2 Å².